The van der Waals surface area contributed by atoms with Gasteiger partial charge in [-0.3, -0.25) is 0 Å². The molecule has 4 nitrogen and oxygen atoms in total. The van der Waals surface area contributed by atoms with Gasteiger partial charge in [0.1, 0.15) is 11.0 Å². The summed E-state index contributed by atoms with van der Waals surface area (Å²) >= 11 is 7.46. The molecule has 2 N–H and O–H groups in total. The first kappa shape index (κ1) is 12.6. The zero-order chi connectivity index (χ0) is 12.3. The van der Waals surface area contributed by atoms with Crippen LogP contribution in [0.4, 0.5) is 0 Å². The van der Waals surface area contributed by atoms with Crippen molar-refractivity contribution in [1.82, 2.24) is 14.9 Å². The van der Waals surface area contributed by atoms with Gasteiger partial charge in [0.25, 0.3) is 0 Å². The summed E-state index contributed by atoms with van der Waals surface area (Å²) in [5, 5.41) is 17.5. The van der Waals surface area contributed by atoms with Crippen LogP contribution in [0.1, 0.15) is 17.5 Å². The summed E-state index contributed by atoms with van der Waals surface area (Å²) in [7, 11) is 1.86. The minimum Gasteiger partial charge on any atom is -0.387 e. The number of thiophene rings is 1. The summed E-state index contributed by atoms with van der Waals surface area (Å²) in [6.45, 7) is 1.09. The molecule has 0 amide bonds. The van der Waals surface area contributed by atoms with E-state index >= 15 is 0 Å². The number of aromatic nitrogens is 2. The third kappa shape index (κ3) is 3.07. The molecule has 0 aromatic carbocycles. The number of aliphatic hydroxyl groups excluding tert-OH is 1. The number of nitrogens with one attached hydrogen (secondary N) is 1. The van der Waals surface area contributed by atoms with Crippen LogP contribution >= 0.6 is 22.9 Å². The molecule has 0 aliphatic carbocycles. The van der Waals surface area contributed by atoms with Gasteiger partial charge in [-0.1, -0.05) is 11.6 Å². The fourth-order valence-corrected chi connectivity index (χ4v) is 2.35. The van der Waals surface area contributed by atoms with Crippen molar-refractivity contribution < 1.29 is 5.11 Å². The number of imidazole rings is 1. The smallest absolute Gasteiger partial charge is 0.128 e. The van der Waals surface area contributed by atoms with Gasteiger partial charge in [0.15, 0.2) is 0 Å². The number of nitrogens with zero attached hydrogens (tertiary/aromatic N) is 2. The molecule has 0 aliphatic rings. The highest BCUT2D eigenvalue weighted by Gasteiger charge is 2.08. The van der Waals surface area contributed by atoms with E-state index in [2.05, 4.69) is 10.3 Å². The zero-order valence-electron chi connectivity index (χ0n) is 9.43. The topological polar surface area (TPSA) is 50.1 Å². The van der Waals surface area contributed by atoms with E-state index in [9.17, 15) is 5.11 Å². The van der Waals surface area contributed by atoms with Crippen LogP contribution in [0.15, 0.2) is 23.0 Å². The monoisotopic (exact) mass is 271 g/mol. The minimum absolute atomic E-state index is 0.475. The number of hydrogen-bond acceptors (Lipinski definition) is 4. The van der Waals surface area contributed by atoms with E-state index in [0.717, 1.165) is 11.4 Å². The van der Waals surface area contributed by atoms with Gasteiger partial charge in [-0.05, 0) is 22.4 Å². The van der Waals surface area contributed by atoms with Gasteiger partial charge in [0.2, 0.25) is 0 Å². The quantitative estimate of drug-likeness (QED) is 0.874. The molecule has 0 radical (unpaired) electrons. The highest BCUT2D eigenvalue weighted by atomic mass is 35.5. The SMILES string of the molecule is Cn1c(Cl)cnc1CNCC(O)c1ccsc1. The zero-order valence-corrected chi connectivity index (χ0v) is 11.0. The highest BCUT2D eigenvalue weighted by molar-refractivity contribution is 7.07. The Morgan fingerprint density at radius 3 is 3.06 bits per heavy atom. The summed E-state index contributed by atoms with van der Waals surface area (Å²) in [5.74, 6) is 0.854. The van der Waals surface area contributed by atoms with Crippen LogP contribution in [0.2, 0.25) is 5.15 Å². The van der Waals surface area contributed by atoms with Crippen molar-refractivity contribution in [2.75, 3.05) is 6.54 Å². The number of aliphatic hydroxyl groups is 1. The van der Waals surface area contributed by atoms with Crippen LogP contribution in [0.3, 0.4) is 0 Å². The summed E-state index contributed by atoms with van der Waals surface area (Å²) in [6, 6.07) is 1.93. The molecule has 17 heavy (non-hydrogen) atoms. The molecule has 2 aromatic heterocycles. The van der Waals surface area contributed by atoms with E-state index in [1.165, 1.54) is 0 Å². The van der Waals surface area contributed by atoms with Crippen molar-refractivity contribution in [3.63, 3.8) is 0 Å². The first-order chi connectivity index (χ1) is 8.18. The molecule has 0 saturated heterocycles. The average Bonchev–Trinajstić information content (AvgIpc) is 2.93. The Balaban J connectivity index is 1.82. The Morgan fingerprint density at radius 2 is 2.47 bits per heavy atom. The average molecular weight is 272 g/mol. The molecule has 92 valence electrons. The molecule has 1 atom stereocenters. The molecule has 6 heteroatoms. The molecular weight excluding hydrogens is 258 g/mol. The minimum atomic E-state index is -0.475. The van der Waals surface area contributed by atoms with E-state index in [0.29, 0.717) is 18.2 Å². The number of hydrogen-bond donors (Lipinski definition) is 2. The lowest BCUT2D eigenvalue weighted by molar-refractivity contribution is 0.174. The Labute approximate surface area is 109 Å². The van der Waals surface area contributed by atoms with Crippen LogP contribution < -0.4 is 5.32 Å². The molecule has 0 fully saturated rings. The predicted octanol–water partition coefficient (Wildman–Crippen LogP) is 1.96. The molecule has 0 saturated carbocycles. The predicted molar refractivity (Wildman–Crippen MR) is 69.2 cm³/mol. The van der Waals surface area contributed by atoms with Crippen LogP contribution in [0, 0.1) is 0 Å². The van der Waals surface area contributed by atoms with Crippen molar-refractivity contribution in [1.29, 1.82) is 0 Å². The number of halogens is 1. The highest BCUT2D eigenvalue weighted by Crippen LogP contribution is 2.15. The van der Waals surface area contributed by atoms with E-state index in [-0.39, 0.29) is 0 Å². The fraction of sp³-hybridized carbons (Fsp3) is 0.364. The van der Waals surface area contributed by atoms with Crippen LogP contribution in [0.5, 0.6) is 0 Å². The fourth-order valence-electron chi connectivity index (χ4n) is 1.49. The van der Waals surface area contributed by atoms with Crippen molar-refractivity contribution in [2.24, 2.45) is 7.05 Å². The van der Waals surface area contributed by atoms with E-state index in [4.69, 9.17) is 11.6 Å². The van der Waals surface area contributed by atoms with Gasteiger partial charge in [-0.25, -0.2) is 4.98 Å². The second-order valence-electron chi connectivity index (χ2n) is 3.76. The molecule has 0 bridgehead atoms. The lowest BCUT2D eigenvalue weighted by atomic mass is 10.2. The van der Waals surface area contributed by atoms with Crippen LogP contribution in [0.25, 0.3) is 0 Å². The van der Waals surface area contributed by atoms with Gasteiger partial charge in [-0.2, -0.15) is 11.3 Å². The van der Waals surface area contributed by atoms with Crippen molar-refractivity contribution in [3.05, 3.63) is 39.6 Å². The standard InChI is InChI=1S/C11H14ClN3OS/c1-15-10(12)5-14-11(15)6-13-4-9(16)8-2-3-17-7-8/h2-3,5,7,9,13,16H,4,6H2,1H3. The van der Waals surface area contributed by atoms with Gasteiger partial charge in [0.05, 0.1) is 18.8 Å². The molecule has 2 rings (SSSR count). The van der Waals surface area contributed by atoms with E-state index in [1.54, 1.807) is 17.5 Å². The lowest BCUT2D eigenvalue weighted by Crippen LogP contribution is -2.22. The molecule has 2 heterocycles. The Bertz CT molecular complexity index is 469. The largest absolute Gasteiger partial charge is 0.387 e. The summed E-state index contributed by atoms with van der Waals surface area (Å²) in [5.41, 5.74) is 0.945. The lowest BCUT2D eigenvalue weighted by Gasteiger charge is -2.10. The maximum absolute atomic E-state index is 9.85. The second kappa shape index (κ2) is 5.64. The Hall–Kier alpha value is -0.880. The maximum atomic E-state index is 9.85. The van der Waals surface area contributed by atoms with E-state index < -0.39 is 6.10 Å². The Morgan fingerprint density at radius 1 is 1.65 bits per heavy atom. The molecule has 0 spiro atoms. The van der Waals surface area contributed by atoms with Crippen LogP contribution in [-0.4, -0.2) is 21.2 Å². The number of rotatable bonds is 5. The first-order valence-corrected chi connectivity index (χ1v) is 6.57. The third-order valence-electron chi connectivity index (χ3n) is 2.58. The Kier molecular flexibility index (Phi) is 4.17. The van der Waals surface area contributed by atoms with E-state index in [1.807, 2.05) is 28.4 Å². The van der Waals surface area contributed by atoms with Crippen molar-refractivity contribution >= 4 is 22.9 Å². The van der Waals surface area contributed by atoms with Gasteiger partial charge < -0.3 is 15.0 Å². The van der Waals surface area contributed by atoms with Gasteiger partial charge in [0, 0.05) is 13.6 Å². The van der Waals surface area contributed by atoms with Crippen molar-refractivity contribution in [2.45, 2.75) is 12.6 Å². The summed E-state index contributed by atoms with van der Waals surface area (Å²) in [4.78, 5) is 4.16. The molecule has 0 aliphatic heterocycles. The second-order valence-corrected chi connectivity index (χ2v) is 4.93. The first-order valence-electron chi connectivity index (χ1n) is 5.25. The third-order valence-corrected chi connectivity index (χ3v) is 3.63. The van der Waals surface area contributed by atoms with Crippen molar-refractivity contribution in [3.8, 4) is 0 Å². The molecule has 1 unspecified atom stereocenters. The van der Waals surface area contributed by atoms with Gasteiger partial charge in [-0.15, -0.1) is 0 Å². The summed E-state index contributed by atoms with van der Waals surface area (Å²) < 4.78 is 1.81. The normalized spacial score (nSPS) is 12.9. The van der Waals surface area contributed by atoms with Gasteiger partial charge >= 0.3 is 0 Å². The molecule has 2 aromatic rings. The van der Waals surface area contributed by atoms with Crippen LogP contribution in [-0.2, 0) is 13.6 Å². The molecular formula is C11H14ClN3OS. The maximum Gasteiger partial charge on any atom is 0.128 e. The summed E-state index contributed by atoms with van der Waals surface area (Å²) in [6.07, 6.45) is 1.14.